The molecule has 0 aromatic carbocycles. The standard InChI is InChI=1S/C19H25N5O2/c25-18(12-4-1-5-12)16-10-13-11-23(8-3-9-24(13)22-16)19(26)17-14-6-2-7-15(14)20-21-17/h10,12,18,25H,1-9,11H2,(H,20,21)/t18-/m0/s1. The van der Waals surface area contributed by atoms with Crippen LogP contribution >= 0.6 is 0 Å². The summed E-state index contributed by atoms with van der Waals surface area (Å²) in [6.07, 6.45) is 6.79. The molecule has 3 aliphatic rings. The van der Waals surface area contributed by atoms with E-state index in [0.29, 0.717) is 24.7 Å². The number of aromatic amines is 1. The van der Waals surface area contributed by atoms with Gasteiger partial charge in [0.1, 0.15) is 6.10 Å². The average Bonchev–Trinajstić information content (AvgIpc) is 3.25. The van der Waals surface area contributed by atoms with Gasteiger partial charge in [-0.2, -0.15) is 10.2 Å². The van der Waals surface area contributed by atoms with E-state index in [0.717, 1.165) is 67.7 Å². The molecule has 0 unspecified atom stereocenters. The molecule has 1 amide bonds. The Morgan fingerprint density at radius 2 is 2.12 bits per heavy atom. The first-order valence-corrected chi connectivity index (χ1v) is 9.81. The summed E-state index contributed by atoms with van der Waals surface area (Å²) in [5, 5.41) is 22.5. The van der Waals surface area contributed by atoms with Crippen LogP contribution in [0.5, 0.6) is 0 Å². The molecule has 1 saturated carbocycles. The lowest BCUT2D eigenvalue weighted by atomic mass is 9.80. The van der Waals surface area contributed by atoms with E-state index in [1.165, 1.54) is 6.42 Å². The zero-order valence-corrected chi connectivity index (χ0v) is 14.9. The molecule has 7 nitrogen and oxygen atoms in total. The molecule has 1 atom stereocenters. The Hall–Kier alpha value is -2.15. The summed E-state index contributed by atoms with van der Waals surface area (Å²) in [6.45, 7) is 2.03. The summed E-state index contributed by atoms with van der Waals surface area (Å²) in [5.41, 5.74) is 4.60. The number of aliphatic hydroxyl groups is 1. The highest BCUT2D eigenvalue weighted by Gasteiger charge is 2.31. The third kappa shape index (κ3) is 2.57. The van der Waals surface area contributed by atoms with Crippen molar-refractivity contribution in [1.29, 1.82) is 0 Å². The van der Waals surface area contributed by atoms with Crippen LogP contribution < -0.4 is 0 Å². The van der Waals surface area contributed by atoms with Crippen molar-refractivity contribution in [2.45, 2.75) is 64.1 Å². The van der Waals surface area contributed by atoms with Crippen molar-refractivity contribution in [3.05, 3.63) is 34.4 Å². The van der Waals surface area contributed by atoms with Gasteiger partial charge in [0, 0.05) is 24.3 Å². The fourth-order valence-electron chi connectivity index (χ4n) is 4.45. The number of H-pyrrole nitrogens is 1. The molecule has 3 heterocycles. The summed E-state index contributed by atoms with van der Waals surface area (Å²) >= 11 is 0. The van der Waals surface area contributed by atoms with Crippen LogP contribution in [0.3, 0.4) is 0 Å². The number of carbonyl (C=O) groups is 1. The maximum Gasteiger partial charge on any atom is 0.274 e. The molecule has 0 spiro atoms. The Morgan fingerprint density at radius 1 is 1.23 bits per heavy atom. The average molecular weight is 355 g/mol. The quantitative estimate of drug-likeness (QED) is 0.881. The van der Waals surface area contributed by atoms with E-state index in [9.17, 15) is 9.90 Å². The van der Waals surface area contributed by atoms with Gasteiger partial charge in [-0.15, -0.1) is 0 Å². The largest absolute Gasteiger partial charge is 0.386 e. The Bertz CT molecular complexity index is 835. The van der Waals surface area contributed by atoms with E-state index >= 15 is 0 Å². The smallest absolute Gasteiger partial charge is 0.274 e. The molecule has 2 N–H and O–H groups in total. The number of hydrogen-bond donors (Lipinski definition) is 2. The van der Waals surface area contributed by atoms with Crippen molar-refractivity contribution in [3.8, 4) is 0 Å². The van der Waals surface area contributed by atoms with Gasteiger partial charge in [0.15, 0.2) is 5.69 Å². The van der Waals surface area contributed by atoms with Gasteiger partial charge in [-0.05, 0) is 50.5 Å². The predicted molar refractivity (Wildman–Crippen MR) is 94.5 cm³/mol. The monoisotopic (exact) mass is 355 g/mol. The first-order chi connectivity index (χ1) is 12.7. The second kappa shape index (κ2) is 6.23. The third-order valence-electron chi connectivity index (χ3n) is 6.23. The molecule has 2 aromatic rings. The highest BCUT2D eigenvalue weighted by atomic mass is 16.3. The minimum atomic E-state index is -0.470. The van der Waals surface area contributed by atoms with Crippen molar-refractivity contribution >= 4 is 5.91 Å². The number of nitrogens with zero attached hydrogens (tertiary/aromatic N) is 4. The predicted octanol–water partition coefficient (Wildman–Crippen LogP) is 1.97. The molecule has 2 aliphatic carbocycles. The van der Waals surface area contributed by atoms with E-state index in [1.54, 1.807) is 0 Å². The van der Waals surface area contributed by atoms with Crippen molar-refractivity contribution < 1.29 is 9.90 Å². The summed E-state index contributed by atoms with van der Waals surface area (Å²) in [4.78, 5) is 14.9. The minimum Gasteiger partial charge on any atom is -0.386 e. The molecule has 2 aromatic heterocycles. The molecule has 138 valence electrons. The third-order valence-corrected chi connectivity index (χ3v) is 6.23. The Kier molecular flexibility index (Phi) is 3.85. The number of nitrogens with one attached hydrogen (secondary N) is 1. The Morgan fingerprint density at radius 3 is 2.92 bits per heavy atom. The Balaban J connectivity index is 1.37. The number of amides is 1. The maximum atomic E-state index is 13.1. The van der Waals surface area contributed by atoms with E-state index in [-0.39, 0.29) is 5.91 Å². The number of carbonyl (C=O) groups excluding carboxylic acids is 1. The number of aliphatic hydroxyl groups excluding tert-OH is 1. The van der Waals surface area contributed by atoms with E-state index in [2.05, 4.69) is 15.3 Å². The maximum absolute atomic E-state index is 13.1. The number of hydrogen-bond acceptors (Lipinski definition) is 4. The van der Waals surface area contributed by atoms with Crippen LogP contribution in [0.25, 0.3) is 0 Å². The number of rotatable bonds is 3. The lowest BCUT2D eigenvalue weighted by Gasteiger charge is -2.29. The van der Waals surface area contributed by atoms with E-state index in [4.69, 9.17) is 0 Å². The van der Waals surface area contributed by atoms with Crippen LogP contribution in [0, 0.1) is 5.92 Å². The van der Waals surface area contributed by atoms with Gasteiger partial charge >= 0.3 is 0 Å². The first kappa shape index (κ1) is 16.1. The van der Waals surface area contributed by atoms with Crippen LogP contribution in [0.15, 0.2) is 6.07 Å². The number of aromatic nitrogens is 4. The molecule has 26 heavy (non-hydrogen) atoms. The molecular formula is C19H25N5O2. The van der Waals surface area contributed by atoms with Gasteiger partial charge in [-0.1, -0.05) is 6.42 Å². The van der Waals surface area contributed by atoms with Crippen molar-refractivity contribution in [2.24, 2.45) is 5.92 Å². The molecule has 0 bridgehead atoms. The van der Waals surface area contributed by atoms with Crippen molar-refractivity contribution in [2.75, 3.05) is 6.54 Å². The highest BCUT2D eigenvalue weighted by molar-refractivity contribution is 5.94. The first-order valence-electron chi connectivity index (χ1n) is 9.81. The van der Waals surface area contributed by atoms with Gasteiger partial charge in [0.2, 0.25) is 0 Å². The van der Waals surface area contributed by atoms with E-state index < -0.39 is 6.10 Å². The lowest BCUT2D eigenvalue weighted by molar-refractivity contribution is 0.0580. The fourth-order valence-corrected chi connectivity index (χ4v) is 4.45. The van der Waals surface area contributed by atoms with Gasteiger partial charge < -0.3 is 10.0 Å². The van der Waals surface area contributed by atoms with Gasteiger partial charge in [0.05, 0.1) is 17.9 Å². The van der Waals surface area contributed by atoms with Gasteiger partial charge in [-0.25, -0.2) is 0 Å². The molecule has 1 fully saturated rings. The summed E-state index contributed by atoms with van der Waals surface area (Å²) < 4.78 is 1.97. The van der Waals surface area contributed by atoms with Crippen LogP contribution in [0.1, 0.15) is 71.3 Å². The second-order valence-electron chi connectivity index (χ2n) is 7.88. The molecule has 1 aliphatic heterocycles. The van der Waals surface area contributed by atoms with Crippen LogP contribution in [0.4, 0.5) is 0 Å². The van der Waals surface area contributed by atoms with Gasteiger partial charge in [0.25, 0.3) is 5.91 Å². The molecular weight excluding hydrogens is 330 g/mol. The SMILES string of the molecule is O=C(c1n[nH]c2c1CCC2)N1CCCn2nc([C@@H](O)C3CCC3)cc2C1. The topological polar surface area (TPSA) is 87.0 Å². The number of aryl methyl sites for hydroxylation is 2. The van der Waals surface area contributed by atoms with Crippen molar-refractivity contribution in [1.82, 2.24) is 24.9 Å². The zero-order valence-electron chi connectivity index (χ0n) is 14.9. The lowest BCUT2D eigenvalue weighted by Crippen LogP contribution is -2.31. The molecule has 0 radical (unpaired) electrons. The fraction of sp³-hybridized carbons (Fsp3) is 0.632. The van der Waals surface area contributed by atoms with Crippen LogP contribution in [0.2, 0.25) is 0 Å². The van der Waals surface area contributed by atoms with E-state index in [1.807, 2.05) is 15.6 Å². The van der Waals surface area contributed by atoms with Gasteiger partial charge in [-0.3, -0.25) is 14.6 Å². The number of fused-ring (bicyclic) bond motifs is 2. The van der Waals surface area contributed by atoms with Crippen LogP contribution in [-0.4, -0.2) is 42.4 Å². The normalized spacial score (nSPS) is 21.0. The van der Waals surface area contributed by atoms with Crippen molar-refractivity contribution in [3.63, 3.8) is 0 Å². The highest BCUT2D eigenvalue weighted by Crippen LogP contribution is 2.37. The summed E-state index contributed by atoms with van der Waals surface area (Å²) in [7, 11) is 0. The summed E-state index contributed by atoms with van der Waals surface area (Å²) in [5.74, 6) is 0.360. The molecule has 0 saturated heterocycles. The zero-order chi connectivity index (χ0) is 17.7. The molecule has 7 heteroatoms. The van der Waals surface area contributed by atoms with Crippen LogP contribution in [-0.2, 0) is 25.9 Å². The Labute approximate surface area is 152 Å². The second-order valence-corrected chi connectivity index (χ2v) is 7.88. The minimum absolute atomic E-state index is 0.0140. The molecule has 5 rings (SSSR count). The summed E-state index contributed by atoms with van der Waals surface area (Å²) in [6, 6.07) is 1.99.